The quantitative estimate of drug-likeness (QED) is 0.595. The Hall–Kier alpha value is -2.37. The lowest BCUT2D eigenvalue weighted by Crippen LogP contribution is -2.10. The molecule has 0 amide bonds. The van der Waals surface area contributed by atoms with Crippen LogP contribution in [0.2, 0.25) is 0 Å². The number of nitrogens with one attached hydrogen (secondary N) is 1. The highest BCUT2D eigenvalue weighted by Crippen LogP contribution is 2.35. The van der Waals surface area contributed by atoms with E-state index in [-0.39, 0.29) is 18.0 Å². The van der Waals surface area contributed by atoms with Crippen molar-refractivity contribution in [2.45, 2.75) is 12.7 Å². The van der Waals surface area contributed by atoms with Gasteiger partial charge in [-0.15, -0.1) is 0 Å². The van der Waals surface area contributed by atoms with E-state index in [2.05, 4.69) is 5.32 Å². The lowest BCUT2D eigenvalue weighted by atomic mass is 10.1. The lowest BCUT2D eigenvalue weighted by molar-refractivity contribution is -0.136. The van der Waals surface area contributed by atoms with Crippen LogP contribution < -0.4 is 11.1 Å². The monoisotopic (exact) mass is 282 g/mol. The van der Waals surface area contributed by atoms with Gasteiger partial charge in [0.15, 0.2) is 0 Å². The van der Waals surface area contributed by atoms with E-state index < -0.39 is 11.7 Å². The zero-order chi connectivity index (χ0) is 14.8. The average molecular weight is 282 g/mol. The summed E-state index contributed by atoms with van der Waals surface area (Å²) in [7, 11) is 0. The van der Waals surface area contributed by atoms with Crippen LogP contribution in [0, 0.1) is 0 Å². The molecule has 3 nitrogen and oxygen atoms in total. The molecule has 6 heteroatoms. The number of alkyl halides is 3. The molecule has 0 spiro atoms. The van der Waals surface area contributed by atoms with Gasteiger partial charge in [-0.25, -0.2) is 0 Å². The van der Waals surface area contributed by atoms with Gasteiger partial charge in [0.05, 0.1) is 5.56 Å². The standard InChI is InChI=1S/C14H13F3N2O/c15-14(16,17)11-3-1-2-4-12(11)19-8-9-7-10(18)5-6-13(9)20/h1-7,19-20H,8,18H2. The summed E-state index contributed by atoms with van der Waals surface area (Å²) in [5.74, 6) is -0.0174. The Morgan fingerprint density at radius 1 is 1.10 bits per heavy atom. The van der Waals surface area contributed by atoms with Crippen LogP contribution >= 0.6 is 0 Å². The normalized spacial score (nSPS) is 11.3. The largest absolute Gasteiger partial charge is 0.508 e. The van der Waals surface area contributed by atoms with Crippen molar-refractivity contribution in [3.05, 3.63) is 53.6 Å². The fourth-order valence-corrected chi connectivity index (χ4v) is 1.82. The third-order valence-corrected chi connectivity index (χ3v) is 2.81. The molecule has 0 heterocycles. The SMILES string of the molecule is Nc1ccc(O)c(CNc2ccccc2C(F)(F)F)c1. The van der Waals surface area contributed by atoms with Crippen molar-refractivity contribution in [3.8, 4) is 5.75 Å². The number of anilines is 2. The van der Waals surface area contributed by atoms with Crippen molar-refractivity contribution in [1.29, 1.82) is 0 Å². The molecule has 0 saturated carbocycles. The molecule has 0 unspecified atom stereocenters. The first-order valence-electron chi connectivity index (χ1n) is 5.85. The fourth-order valence-electron chi connectivity index (χ4n) is 1.82. The number of rotatable bonds is 3. The van der Waals surface area contributed by atoms with Crippen LogP contribution in [0.5, 0.6) is 5.75 Å². The first-order valence-corrected chi connectivity index (χ1v) is 5.85. The van der Waals surface area contributed by atoms with Crippen LogP contribution in [0.4, 0.5) is 24.5 Å². The molecule has 2 aromatic carbocycles. The summed E-state index contributed by atoms with van der Waals surface area (Å²) < 4.78 is 38.4. The van der Waals surface area contributed by atoms with Gasteiger partial charge in [-0.2, -0.15) is 13.2 Å². The molecule has 106 valence electrons. The molecule has 0 aliphatic heterocycles. The molecule has 0 radical (unpaired) electrons. The first kappa shape index (κ1) is 14.0. The molecule has 0 bridgehead atoms. The summed E-state index contributed by atoms with van der Waals surface area (Å²) in [4.78, 5) is 0. The third-order valence-electron chi connectivity index (χ3n) is 2.81. The number of hydrogen-bond donors (Lipinski definition) is 3. The Labute approximate surface area is 113 Å². The van der Waals surface area contributed by atoms with Gasteiger partial charge in [0.1, 0.15) is 5.75 Å². The summed E-state index contributed by atoms with van der Waals surface area (Å²) in [6.07, 6.45) is -4.43. The van der Waals surface area contributed by atoms with Crippen molar-refractivity contribution < 1.29 is 18.3 Å². The number of phenolic OH excluding ortho intramolecular Hbond substituents is 1. The first-order chi connectivity index (χ1) is 9.38. The van der Waals surface area contributed by atoms with Crippen LogP contribution in [0.1, 0.15) is 11.1 Å². The molecular formula is C14H13F3N2O. The molecule has 0 aliphatic carbocycles. The van der Waals surface area contributed by atoms with Gasteiger partial charge in [0.25, 0.3) is 0 Å². The average Bonchev–Trinajstić information content (AvgIpc) is 2.39. The zero-order valence-corrected chi connectivity index (χ0v) is 10.4. The van der Waals surface area contributed by atoms with E-state index in [9.17, 15) is 18.3 Å². The van der Waals surface area contributed by atoms with Gasteiger partial charge in [0.2, 0.25) is 0 Å². The van der Waals surface area contributed by atoms with Crippen molar-refractivity contribution in [2.75, 3.05) is 11.1 Å². The smallest absolute Gasteiger partial charge is 0.418 e. The maximum absolute atomic E-state index is 12.8. The molecular weight excluding hydrogens is 269 g/mol. The van der Waals surface area contributed by atoms with Crippen molar-refractivity contribution in [1.82, 2.24) is 0 Å². The number of phenols is 1. The van der Waals surface area contributed by atoms with E-state index in [0.717, 1.165) is 6.07 Å². The minimum Gasteiger partial charge on any atom is -0.508 e. The highest BCUT2D eigenvalue weighted by molar-refractivity contribution is 5.54. The molecule has 2 rings (SSSR count). The van der Waals surface area contributed by atoms with Crippen LogP contribution in [0.25, 0.3) is 0 Å². The topological polar surface area (TPSA) is 58.3 Å². The van der Waals surface area contributed by atoms with E-state index in [0.29, 0.717) is 11.3 Å². The van der Waals surface area contributed by atoms with Gasteiger partial charge in [-0.1, -0.05) is 12.1 Å². The second-order valence-electron chi connectivity index (χ2n) is 4.29. The van der Waals surface area contributed by atoms with Crippen LogP contribution in [-0.4, -0.2) is 5.11 Å². The molecule has 0 aliphatic rings. The minimum atomic E-state index is -4.43. The zero-order valence-electron chi connectivity index (χ0n) is 10.4. The lowest BCUT2D eigenvalue weighted by Gasteiger charge is -2.15. The van der Waals surface area contributed by atoms with Gasteiger partial charge >= 0.3 is 6.18 Å². The maximum atomic E-state index is 12.8. The number of para-hydroxylation sites is 1. The summed E-state index contributed by atoms with van der Waals surface area (Å²) in [6, 6.07) is 9.61. The van der Waals surface area contributed by atoms with E-state index in [4.69, 9.17) is 5.73 Å². The second kappa shape index (κ2) is 5.32. The molecule has 0 fully saturated rings. The molecule has 4 N–H and O–H groups in total. The fraction of sp³-hybridized carbons (Fsp3) is 0.143. The van der Waals surface area contributed by atoms with Crippen LogP contribution in [0.15, 0.2) is 42.5 Å². The Morgan fingerprint density at radius 3 is 2.50 bits per heavy atom. The van der Waals surface area contributed by atoms with Gasteiger partial charge in [-0.3, -0.25) is 0 Å². The number of hydrogen-bond acceptors (Lipinski definition) is 3. The molecule has 20 heavy (non-hydrogen) atoms. The van der Waals surface area contributed by atoms with E-state index in [1.807, 2.05) is 0 Å². The van der Waals surface area contributed by atoms with E-state index in [1.165, 1.54) is 36.4 Å². The predicted octanol–water partition coefficient (Wildman–Crippen LogP) is 3.61. The molecule has 0 saturated heterocycles. The predicted molar refractivity (Wildman–Crippen MR) is 71.3 cm³/mol. The van der Waals surface area contributed by atoms with E-state index >= 15 is 0 Å². The molecule has 0 atom stereocenters. The highest BCUT2D eigenvalue weighted by Gasteiger charge is 2.33. The Bertz CT molecular complexity index is 612. The summed E-state index contributed by atoms with van der Waals surface area (Å²) in [5, 5.41) is 12.3. The van der Waals surface area contributed by atoms with Crippen molar-refractivity contribution in [3.63, 3.8) is 0 Å². The number of nitrogens with two attached hydrogens (primary N) is 1. The Balaban J connectivity index is 2.21. The number of benzene rings is 2. The van der Waals surface area contributed by atoms with Crippen LogP contribution in [0.3, 0.4) is 0 Å². The van der Waals surface area contributed by atoms with Gasteiger partial charge in [0, 0.05) is 23.5 Å². The summed E-state index contributed by atoms with van der Waals surface area (Å²) in [6.45, 7) is 0.0456. The number of aromatic hydroxyl groups is 1. The third kappa shape index (κ3) is 3.14. The number of halogens is 3. The molecule has 2 aromatic rings. The minimum absolute atomic E-state index is 0.0174. The Morgan fingerprint density at radius 2 is 1.80 bits per heavy atom. The second-order valence-corrected chi connectivity index (χ2v) is 4.29. The van der Waals surface area contributed by atoms with Crippen molar-refractivity contribution in [2.24, 2.45) is 0 Å². The van der Waals surface area contributed by atoms with Gasteiger partial charge < -0.3 is 16.2 Å². The highest BCUT2D eigenvalue weighted by atomic mass is 19.4. The number of nitrogen functional groups attached to an aromatic ring is 1. The van der Waals surface area contributed by atoms with E-state index in [1.54, 1.807) is 0 Å². The maximum Gasteiger partial charge on any atom is 0.418 e. The summed E-state index contributed by atoms with van der Waals surface area (Å²) in [5.41, 5.74) is 5.66. The Kier molecular flexibility index (Phi) is 3.74. The molecule has 0 aromatic heterocycles. The van der Waals surface area contributed by atoms with Crippen molar-refractivity contribution >= 4 is 11.4 Å². The van der Waals surface area contributed by atoms with Gasteiger partial charge in [-0.05, 0) is 30.3 Å². The summed E-state index contributed by atoms with van der Waals surface area (Å²) >= 11 is 0. The van der Waals surface area contributed by atoms with Crippen LogP contribution in [-0.2, 0) is 12.7 Å².